The van der Waals surface area contributed by atoms with Gasteiger partial charge in [-0.2, -0.15) is 13.2 Å². The van der Waals surface area contributed by atoms with E-state index >= 15 is 0 Å². The molecule has 1 N–H and O–H groups in total. The number of hydrogen-bond donors (Lipinski definition) is 1. The molecule has 1 aromatic heterocycles. The average Bonchev–Trinajstić information content (AvgIpc) is 3.09. The van der Waals surface area contributed by atoms with Crippen LogP contribution in [0.4, 0.5) is 18.9 Å². The lowest BCUT2D eigenvalue weighted by Crippen LogP contribution is -2.15. The van der Waals surface area contributed by atoms with Crippen LogP contribution in [0.5, 0.6) is 0 Å². The first kappa shape index (κ1) is 20.3. The number of anilines is 1. The van der Waals surface area contributed by atoms with E-state index in [9.17, 15) is 18.0 Å². The fourth-order valence-corrected chi connectivity index (χ4v) is 3.39. The van der Waals surface area contributed by atoms with E-state index in [0.717, 1.165) is 17.7 Å². The van der Waals surface area contributed by atoms with Gasteiger partial charge in [-0.15, -0.1) is 0 Å². The minimum Gasteiger partial charge on any atom is -0.325 e. The first-order valence-corrected chi connectivity index (χ1v) is 9.54. The van der Waals surface area contributed by atoms with Crippen molar-refractivity contribution < 1.29 is 18.0 Å². The number of thioether (sulfide) groups is 1. The van der Waals surface area contributed by atoms with Gasteiger partial charge in [0.2, 0.25) is 5.91 Å². The van der Waals surface area contributed by atoms with Crippen LogP contribution in [0.25, 0.3) is 0 Å². The highest BCUT2D eigenvalue weighted by Gasteiger charge is 2.29. The smallest absolute Gasteiger partial charge is 0.325 e. The Morgan fingerprint density at radius 2 is 1.86 bits per heavy atom. The van der Waals surface area contributed by atoms with E-state index in [4.69, 9.17) is 11.6 Å². The van der Waals surface area contributed by atoms with Crippen LogP contribution >= 0.6 is 23.4 Å². The van der Waals surface area contributed by atoms with E-state index < -0.39 is 11.7 Å². The Morgan fingerprint density at radius 1 is 1.14 bits per heavy atom. The summed E-state index contributed by atoms with van der Waals surface area (Å²) in [5.41, 5.74) is 0.470. The Balaban J connectivity index is 1.57. The van der Waals surface area contributed by atoms with Crippen molar-refractivity contribution in [2.75, 3.05) is 11.1 Å². The molecule has 1 heterocycles. The zero-order valence-corrected chi connectivity index (χ0v) is 16.0. The molecule has 3 aromatic rings. The highest BCUT2D eigenvalue weighted by molar-refractivity contribution is 7.99. The molecule has 1 amide bonds. The summed E-state index contributed by atoms with van der Waals surface area (Å²) in [6.45, 7) is 0.516. The van der Waals surface area contributed by atoms with Gasteiger partial charge < -0.3 is 9.88 Å². The van der Waals surface area contributed by atoms with Crippen molar-refractivity contribution in [1.82, 2.24) is 9.55 Å². The van der Waals surface area contributed by atoms with Crippen molar-refractivity contribution in [1.29, 1.82) is 0 Å². The molecule has 0 radical (unpaired) electrons. The molecule has 0 bridgehead atoms. The Labute approximate surface area is 168 Å². The zero-order valence-electron chi connectivity index (χ0n) is 14.4. The molecule has 0 saturated heterocycles. The van der Waals surface area contributed by atoms with Gasteiger partial charge in [0.15, 0.2) is 5.16 Å². The van der Waals surface area contributed by atoms with E-state index in [1.54, 1.807) is 18.5 Å². The number of imidazole rings is 1. The predicted octanol–water partition coefficient (Wildman–Crippen LogP) is 5.33. The number of carbonyl (C=O) groups is 1. The van der Waals surface area contributed by atoms with Crippen LogP contribution in [0, 0.1) is 0 Å². The fourth-order valence-electron chi connectivity index (χ4n) is 2.44. The number of alkyl halides is 3. The van der Waals surface area contributed by atoms with Crippen LogP contribution in [0.15, 0.2) is 66.1 Å². The van der Waals surface area contributed by atoms with Gasteiger partial charge in [-0.05, 0) is 35.9 Å². The van der Waals surface area contributed by atoms with E-state index in [1.807, 2.05) is 22.8 Å². The van der Waals surface area contributed by atoms with E-state index in [0.29, 0.717) is 22.4 Å². The molecule has 0 saturated carbocycles. The van der Waals surface area contributed by atoms with Gasteiger partial charge in [-0.3, -0.25) is 4.79 Å². The van der Waals surface area contributed by atoms with Crippen LogP contribution < -0.4 is 5.32 Å². The maximum absolute atomic E-state index is 12.6. The molecule has 4 nitrogen and oxygen atoms in total. The molecule has 0 spiro atoms. The Kier molecular flexibility index (Phi) is 6.31. The quantitative estimate of drug-likeness (QED) is 0.543. The third-order valence-electron chi connectivity index (χ3n) is 3.80. The van der Waals surface area contributed by atoms with Crippen LogP contribution in [-0.4, -0.2) is 21.2 Å². The van der Waals surface area contributed by atoms with Gasteiger partial charge >= 0.3 is 6.18 Å². The van der Waals surface area contributed by atoms with Crippen LogP contribution in [0.3, 0.4) is 0 Å². The number of nitrogens with one attached hydrogen (secondary N) is 1. The van der Waals surface area contributed by atoms with Gasteiger partial charge in [0.1, 0.15) is 0 Å². The largest absolute Gasteiger partial charge is 0.416 e. The average molecular weight is 426 g/mol. The van der Waals surface area contributed by atoms with Gasteiger partial charge in [0, 0.05) is 23.1 Å². The Bertz CT molecular complexity index is 958. The highest BCUT2D eigenvalue weighted by Crippen LogP contribution is 2.30. The Morgan fingerprint density at radius 3 is 2.54 bits per heavy atom. The Hall–Kier alpha value is -2.45. The SMILES string of the molecule is O=C(CSc1nccn1Cc1ccccc1Cl)Nc1ccc(C(F)(F)F)cc1. The number of aromatic nitrogens is 2. The summed E-state index contributed by atoms with van der Waals surface area (Å²) in [5.74, 6) is -0.266. The number of benzene rings is 2. The molecule has 0 aliphatic heterocycles. The normalized spacial score (nSPS) is 11.4. The molecule has 28 heavy (non-hydrogen) atoms. The minimum atomic E-state index is -4.41. The molecule has 0 unspecified atom stereocenters. The van der Waals surface area contributed by atoms with Crippen molar-refractivity contribution in [2.24, 2.45) is 0 Å². The molecule has 2 aromatic carbocycles. The van der Waals surface area contributed by atoms with Crippen molar-refractivity contribution in [2.45, 2.75) is 17.9 Å². The van der Waals surface area contributed by atoms with Crippen molar-refractivity contribution in [3.8, 4) is 0 Å². The third kappa shape index (κ3) is 5.30. The van der Waals surface area contributed by atoms with Crippen LogP contribution in [0.1, 0.15) is 11.1 Å². The summed E-state index contributed by atoms with van der Waals surface area (Å²) in [7, 11) is 0. The minimum absolute atomic E-state index is 0.0700. The maximum Gasteiger partial charge on any atom is 0.416 e. The molecule has 0 fully saturated rings. The number of halogens is 4. The number of rotatable bonds is 6. The summed E-state index contributed by atoms with van der Waals surface area (Å²) in [4.78, 5) is 16.3. The third-order valence-corrected chi connectivity index (χ3v) is 5.18. The first-order valence-electron chi connectivity index (χ1n) is 8.17. The van der Waals surface area contributed by atoms with Crippen LogP contribution in [0.2, 0.25) is 5.02 Å². The number of carbonyl (C=O) groups excluding carboxylic acids is 1. The molecular weight excluding hydrogens is 411 g/mol. The second-order valence-electron chi connectivity index (χ2n) is 5.84. The number of nitrogens with zero attached hydrogens (tertiary/aromatic N) is 2. The van der Waals surface area contributed by atoms with Gasteiger partial charge in [-0.25, -0.2) is 4.98 Å². The summed E-state index contributed by atoms with van der Waals surface area (Å²) in [6, 6.07) is 11.8. The summed E-state index contributed by atoms with van der Waals surface area (Å²) >= 11 is 7.41. The second kappa shape index (κ2) is 8.70. The number of hydrogen-bond acceptors (Lipinski definition) is 3. The summed E-state index contributed by atoms with van der Waals surface area (Å²) in [6.07, 6.45) is -0.983. The lowest BCUT2D eigenvalue weighted by Gasteiger charge is -2.10. The molecule has 146 valence electrons. The lowest BCUT2D eigenvalue weighted by atomic mass is 10.2. The zero-order chi connectivity index (χ0) is 20.1. The topological polar surface area (TPSA) is 46.9 Å². The fraction of sp³-hybridized carbons (Fsp3) is 0.158. The van der Waals surface area contributed by atoms with Crippen molar-refractivity contribution in [3.05, 3.63) is 77.1 Å². The molecule has 9 heteroatoms. The monoisotopic (exact) mass is 425 g/mol. The molecule has 0 aliphatic carbocycles. The van der Waals surface area contributed by atoms with Crippen LogP contribution in [-0.2, 0) is 17.5 Å². The van der Waals surface area contributed by atoms with Crippen molar-refractivity contribution in [3.63, 3.8) is 0 Å². The summed E-state index contributed by atoms with van der Waals surface area (Å²) < 4.78 is 39.6. The molecule has 3 rings (SSSR count). The van der Waals surface area contributed by atoms with Gasteiger partial charge in [0.05, 0.1) is 17.9 Å². The lowest BCUT2D eigenvalue weighted by molar-refractivity contribution is -0.137. The predicted molar refractivity (Wildman–Crippen MR) is 104 cm³/mol. The standard InChI is InChI=1S/C19H15ClF3N3OS/c20-16-4-2-1-3-13(16)11-26-10-9-24-18(26)28-12-17(27)25-15-7-5-14(6-8-15)19(21,22)23/h1-10H,11-12H2,(H,25,27). The highest BCUT2D eigenvalue weighted by atomic mass is 35.5. The maximum atomic E-state index is 12.6. The van der Waals surface area contributed by atoms with E-state index in [2.05, 4.69) is 10.3 Å². The summed E-state index contributed by atoms with van der Waals surface area (Å²) in [5, 5.41) is 3.86. The molecule has 0 atom stereocenters. The molecular formula is C19H15ClF3N3OS. The van der Waals surface area contributed by atoms with E-state index in [-0.39, 0.29) is 11.7 Å². The molecule has 0 aliphatic rings. The van der Waals surface area contributed by atoms with Gasteiger partial charge in [-0.1, -0.05) is 41.6 Å². The van der Waals surface area contributed by atoms with E-state index in [1.165, 1.54) is 23.9 Å². The first-order chi connectivity index (χ1) is 13.3. The number of amides is 1. The second-order valence-corrected chi connectivity index (χ2v) is 7.19. The van der Waals surface area contributed by atoms with Crippen molar-refractivity contribution >= 4 is 35.0 Å². The van der Waals surface area contributed by atoms with Gasteiger partial charge in [0.25, 0.3) is 0 Å².